The van der Waals surface area contributed by atoms with Gasteiger partial charge in [-0.2, -0.15) is 18.2 Å². The Morgan fingerprint density at radius 3 is 2.30 bits per heavy atom. The number of carbonyl (C=O) groups excluding carboxylic acids is 3. The van der Waals surface area contributed by atoms with Gasteiger partial charge in [-0.3, -0.25) is 19.8 Å². The fraction of sp³-hybridized carbons (Fsp3) is 0.400. The van der Waals surface area contributed by atoms with Crippen LogP contribution in [0, 0.1) is 6.92 Å². The van der Waals surface area contributed by atoms with Gasteiger partial charge in [0.25, 0.3) is 5.91 Å². The number of ether oxygens (including phenoxy) is 2. The molecule has 1 fully saturated rings. The molecule has 1 aliphatic heterocycles. The summed E-state index contributed by atoms with van der Waals surface area (Å²) in [6.45, 7) is 8.17. The Morgan fingerprint density at radius 2 is 1.72 bits per heavy atom. The minimum absolute atomic E-state index is 0.156. The van der Waals surface area contributed by atoms with Crippen LogP contribution in [0.5, 0.6) is 5.75 Å². The van der Waals surface area contributed by atoms with Gasteiger partial charge in [0.2, 0.25) is 5.91 Å². The highest BCUT2D eigenvalue weighted by Crippen LogP contribution is 2.51. The Hall–Kier alpha value is -4.23. The maximum absolute atomic E-state index is 13.8. The zero-order valence-electron chi connectivity index (χ0n) is 24.2. The van der Waals surface area contributed by atoms with Crippen molar-refractivity contribution in [1.29, 1.82) is 0 Å². The maximum Gasteiger partial charge on any atom is 0.493 e. The van der Waals surface area contributed by atoms with E-state index >= 15 is 0 Å². The number of aryl methyl sites for hydroxylation is 1. The molecule has 0 saturated carbocycles. The van der Waals surface area contributed by atoms with Crippen LogP contribution >= 0.6 is 0 Å². The lowest BCUT2D eigenvalue weighted by Gasteiger charge is -2.45. The molecule has 2 N–H and O–H groups in total. The van der Waals surface area contributed by atoms with Crippen molar-refractivity contribution in [3.63, 3.8) is 0 Å². The lowest BCUT2D eigenvalue weighted by Crippen LogP contribution is -2.63. The van der Waals surface area contributed by atoms with Crippen molar-refractivity contribution in [3.05, 3.63) is 71.4 Å². The monoisotopic (exact) mass is 603 g/mol. The Kier molecular flexibility index (Phi) is 8.44. The predicted molar refractivity (Wildman–Crippen MR) is 147 cm³/mol. The highest BCUT2D eigenvalue weighted by molar-refractivity contribution is 5.96. The molecule has 3 aromatic rings. The van der Waals surface area contributed by atoms with E-state index < -0.39 is 47.1 Å². The third kappa shape index (κ3) is 6.57. The number of hydroxylamine groups is 3. The Bertz CT molecular complexity index is 1540. The number of halogens is 3. The number of rotatable bonds is 7. The number of benzene rings is 2. The van der Waals surface area contributed by atoms with E-state index in [1.165, 1.54) is 43.6 Å². The van der Waals surface area contributed by atoms with Crippen LogP contribution in [0.25, 0.3) is 10.9 Å². The first-order valence-electron chi connectivity index (χ1n) is 13.3. The molecule has 13 heteroatoms. The molecule has 1 aromatic heterocycles. The lowest BCUT2D eigenvalue weighted by atomic mass is 9.75. The molecule has 1 saturated heterocycles. The highest BCUT2D eigenvalue weighted by atomic mass is 19.4. The molecule has 0 bridgehead atoms. The summed E-state index contributed by atoms with van der Waals surface area (Å²) in [5, 5.41) is 10.4. The molecule has 2 heterocycles. The Balaban J connectivity index is 1.67. The fourth-order valence-corrected chi connectivity index (χ4v) is 5.65. The molecule has 2 amide bonds. The largest absolute Gasteiger partial charge is 0.493 e. The second-order valence-electron chi connectivity index (χ2n) is 11.5. The molecule has 0 radical (unpaired) electrons. The molecule has 1 unspecified atom stereocenters. The van der Waals surface area contributed by atoms with E-state index in [1.54, 1.807) is 13.8 Å². The van der Waals surface area contributed by atoms with Gasteiger partial charge >= 0.3 is 12.1 Å². The molecule has 230 valence electrons. The summed E-state index contributed by atoms with van der Waals surface area (Å²) in [4.78, 5) is 47.5. The number of nitrogens with one attached hydrogen (secondary N) is 1. The number of aromatic nitrogens is 1. The van der Waals surface area contributed by atoms with E-state index in [9.17, 15) is 32.8 Å². The molecule has 1 aliphatic rings. The number of alkyl halides is 3. The Morgan fingerprint density at radius 1 is 1.07 bits per heavy atom. The first-order valence-corrected chi connectivity index (χ1v) is 13.3. The van der Waals surface area contributed by atoms with Crippen LogP contribution in [0.2, 0.25) is 0 Å². The molecular formula is C30H32F3N3O7. The van der Waals surface area contributed by atoms with Crippen molar-refractivity contribution in [1.82, 2.24) is 15.5 Å². The summed E-state index contributed by atoms with van der Waals surface area (Å²) in [7, 11) is 0. The van der Waals surface area contributed by atoms with Gasteiger partial charge in [-0.25, -0.2) is 10.3 Å². The number of carbonyl (C=O) groups is 3. The zero-order valence-corrected chi connectivity index (χ0v) is 24.2. The molecule has 1 atom stereocenters. The standard InChI is InChI=1S/C30H32F3N3O7/c1-18-14-20(22-8-6-7-9-23(22)34-18)16-41-21-12-10-19(11-13-21)25(38)36(42-26(39)30(31,32)33)29(15-24(37)35-40)17-27(2,3)43-28(29,4)5/h6-14,40H,15-17H2,1-5H3,(H,35,37). The van der Waals surface area contributed by atoms with Crippen LogP contribution in [0.1, 0.15) is 62.2 Å². The van der Waals surface area contributed by atoms with Crippen LogP contribution in [-0.4, -0.2) is 56.0 Å². The van der Waals surface area contributed by atoms with E-state index in [0.29, 0.717) is 5.75 Å². The summed E-state index contributed by atoms with van der Waals surface area (Å²) in [6.07, 6.45) is -6.40. The first-order chi connectivity index (χ1) is 20.0. The SMILES string of the molecule is Cc1cc(COc2ccc(C(=O)N(OC(=O)C(F)(F)F)C3(CC(=O)NO)CC(C)(C)OC3(C)C)cc2)c2ccccc2n1. The van der Waals surface area contributed by atoms with Gasteiger partial charge in [-0.15, -0.1) is 0 Å². The van der Waals surface area contributed by atoms with Gasteiger partial charge in [0, 0.05) is 28.6 Å². The third-order valence-corrected chi connectivity index (χ3v) is 7.35. The number of hydrogen-bond acceptors (Lipinski definition) is 8. The molecule has 10 nitrogen and oxygen atoms in total. The normalized spacial score (nSPS) is 19.1. The third-order valence-electron chi connectivity index (χ3n) is 7.35. The van der Waals surface area contributed by atoms with Gasteiger partial charge in [0.15, 0.2) is 0 Å². The average Bonchev–Trinajstić information content (AvgIpc) is 3.11. The molecule has 43 heavy (non-hydrogen) atoms. The topological polar surface area (TPSA) is 127 Å². The van der Waals surface area contributed by atoms with E-state index in [1.807, 2.05) is 37.3 Å². The van der Waals surface area contributed by atoms with Gasteiger partial charge in [-0.1, -0.05) is 18.2 Å². The van der Waals surface area contributed by atoms with Gasteiger partial charge in [-0.05, 0) is 71.0 Å². The minimum atomic E-state index is -5.45. The van der Waals surface area contributed by atoms with Crippen molar-refractivity contribution in [2.75, 3.05) is 0 Å². The van der Waals surface area contributed by atoms with Crippen LogP contribution in [0.4, 0.5) is 13.2 Å². The van der Waals surface area contributed by atoms with Gasteiger partial charge < -0.3 is 14.3 Å². The summed E-state index contributed by atoms with van der Waals surface area (Å²) in [5.74, 6) is -4.48. The van der Waals surface area contributed by atoms with Crippen molar-refractivity contribution in [2.45, 2.75) is 77.0 Å². The Labute approximate surface area is 245 Å². The van der Waals surface area contributed by atoms with E-state index in [-0.39, 0.29) is 23.7 Å². The smallest absolute Gasteiger partial charge is 0.489 e. The van der Waals surface area contributed by atoms with Crippen LogP contribution < -0.4 is 10.2 Å². The van der Waals surface area contributed by atoms with Crippen molar-refractivity contribution < 1.29 is 47.1 Å². The molecular weight excluding hydrogens is 571 g/mol. The molecule has 0 spiro atoms. The number of amides is 2. The number of para-hydroxylation sites is 1. The van der Waals surface area contributed by atoms with Gasteiger partial charge in [0.1, 0.15) is 17.9 Å². The number of nitrogens with zero attached hydrogens (tertiary/aromatic N) is 2. The van der Waals surface area contributed by atoms with Crippen LogP contribution in [-0.2, 0) is 25.8 Å². The first kappa shape index (κ1) is 31.7. The van der Waals surface area contributed by atoms with Gasteiger partial charge in [0.05, 0.1) is 23.1 Å². The highest BCUT2D eigenvalue weighted by Gasteiger charge is 2.65. The summed E-state index contributed by atoms with van der Waals surface area (Å²) < 4.78 is 52.1. The maximum atomic E-state index is 13.8. The predicted octanol–water partition coefficient (Wildman–Crippen LogP) is 5.20. The fourth-order valence-electron chi connectivity index (χ4n) is 5.65. The second-order valence-corrected chi connectivity index (χ2v) is 11.5. The van der Waals surface area contributed by atoms with Crippen LogP contribution in [0.15, 0.2) is 54.6 Å². The lowest BCUT2D eigenvalue weighted by molar-refractivity contribution is -0.254. The van der Waals surface area contributed by atoms with E-state index in [4.69, 9.17) is 14.3 Å². The van der Waals surface area contributed by atoms with Crippen molar-refractivity contribution >= 4 is 28.7 Å². The van der Waals surface area contributed by atoms with E-state index in [2.05, 4.69) is 4.98 Å². The summed E-state index contributed by atoms with van der Waals surface area (Å²) in [5.41, 5.74) is -0.757. The minimum Gasteiger partial charge on any atom is -0.489 e. The summed E-state index contributed by atoms with van der Waals surface area (Å²) in [6, 6.07) is 15.0. The van der Waals surface area contributed by atoms with Crippen molar-refractivity contribution in [2.24, 2.45) is 0 Å². The zero-order chi connectivity index (χ0) is 31.8. The summed E-state index contributed by atoms with van der Waals surface area (Å²) >= 11 is 0. The average molecular weight is 604 g/mol. The molecule has 0 aliphatic carbocycles. The van der Waals surface area contributed by atoms with Crippen LogP contribution in [0.3, 0.4) is 0 Å². The number of fused-ring (bicyclic) bond motifs is 1. The molecule has 4 rings (SSSR count). The number of hydrogen-bond donors (Lipinski definition) is 2. The quantitative estimate of drug-likeness (QED) is 0.279. The molecule has 2 aromatic carbocycles. The van der Waals surface area contributed by atoms with Crippen molar-refractivity contribution in [3.8, 4) is 5.75 Å². The van der Waals surface area contributed by atoms with E-state index in [0.717, 1.165) is 22.2 Å². The number of pyridine rings is 1. The second kappa shape index (κ2) is 11.5.